The Morgan fingerprint density at radius 1 is 1.06 bits per heavy atom. The van der Waals surface area contributed by atoms with Gasteiger partial charge in [0, 0.05) is 36.0 Å². The van der Waals surface area contributed by atoms with Gasteiger partial charge in [-0.25, -0.2) is 4.98 Å². The van der Waals surface area contributed by atoms with E-state index >= 15 is 0 Å². The van der Waals surface area contributed by atoms with E-state index in [0.29, 0.717) is 47.0 Å². The molecule has 3 heterocycles. The van der Waals surface area contributed by atoms with Crippen LogP contribution in [0.4, 0.5) is 0 Å². The summed E-state index contributed by atoms with van der Waals surface area (Å²) in [5.74, 6) is 2.10. The van der Waals surface area contributed by atoms with E-state index in [0.717, 1.165) is 10.9 Å². The summed E-state index contributed by atoms with van der Waals surface area (Å²) in [7, 11) is 3.15. The van der Waals surface area contributed by atoms with E-state index < -0.39 is 0 Å². The van der Waals surface area contributed by atoms with Crippen molar-refractivity contribution in [1.29, 1.82) is 0 Å². The van der Waals surface area contributed by atoms with E-state index in [1.165, 1.54) is 18.6 Å². The number of aromatic amines is 1. The smallest absolute Gasteiger partial charge is 0.274 e. The van der Waals surface area contributed by atoms with Gasteiger partial charge in [-0.1, -0.05) is 6.07 Å². The average Bonchev–Trinajstić information content (AvgIpc) is 3.37. The number of nitrogens with one attached hydrogen (secondary N) is 1. The number of methoxy groups -OCH3 is 2. The second-order valence-electron chi connectivity index (χ2n) is 8.17. The largest absolute Gasteiger partial charge is 0.493 e. The minimum Gasteiger partial charge on any atom is -0.493 e. The van der Waals surface area contributed by atoms with Crippen LogP contribution in [-0.2, 0) is 13.0 Å². The number of ether oxygens (including phenoxy) is 4. The molecule has 0 fully saturated rings. The van der Waals surface area contributed by atoms with Gasteiger partial charge in [0.25, 0.3) is 11.5 Å². The van der Waals surface area contributed by atoms with Crippen LogP contribution in [0.25, 0.3) is 10.9 Å². The summed E-state index contributed by atoms with van der Waals surface area (Å²) < 4.78 is 21.6. The van der Waals surface area contributed by atoms with E-state index in [-0.39, 0.29) is 30.5 Å². The van der Waals surface area contributed by atoms with Crippen molar-refractivity contribution in [3.63, 3.8) is 0 Å². The summed E-state index contributed by atoms with van der Waals surface area (Å²) in [4.78, 5) is 38.9. The third-order valence-electron chi connectivity index (χ3n) is 5.96. The standard InChI is InChI=1S/C26H24N4O6/c1-33-21-4-3-16(9-22(21)34-2)5-8-30(26(32)20-13-27-6-7-28-20)14-18-10-17-11-23-24(36-15-35-23)12-19(17)29-25(18)31/h3-4,6-7,9-13H,5,8,14-15H2,1-2H3,(H,29,31). The highest BCUT2D eigenvalue weighted by atomic mass is 16.7. The second-order valence-corrected chi connectivity index (χ2v) is 8.17. The van der Waals surface area contributed by atoms with Gasteiger partial charge >= 0.3 is 0 Å². The molecule has 184 valence electrons. The molecule has 36 heavy (non-hydrogen) atoms. The van der Waals surface area contributed by atoms with Crippen molar-refractivity contribution in [2.75, 3.05) is 27.6 Å². The first-order chi connectivity index (χ1) is 17.6. The summed E-state index contributed by atoms with van der Waals surface area (Å²) in [5.41, 5.74) is 1.93. The number of hydrogen-bond donors (Lipinski definition) is 1. The molecule has 1 aliphatic rings. The number of carbonyl (C=O) groups is 1. The van der Waals surface area contributed by atoms with Crippen LogP contribution in [0, 0.1) is 0 Å². The van der Waals surface area contributed by atoms with Crippen molar-refractivity contribution in [2.24, 2.45) is 0 Å². The molecule has 0 saturated carbocycles. The molecule has 10 heteroatoms. The zero-order valence-corrected chi connectivity index (χ0v) is 19.8. The predicted octanol–water partition coefficient (Wildman–Crippen LogP) is 2.95. The minimum atomic E-state index is -0.325. The van der Waals surface area contributed by atoms with E-state index in [2.05, 4.69) is 15.0 Å². The van der Waals surface area contributed by atoms with Crippen LogP contribution in [0.1, 0.15) is 21.6 Å². The van der Waals surface area contributed by atoms with Crippen LogP contribution in [-0.4, -0.2) is 53.3 Å². The van der Waals surface area contributed by atoms with Gasteiger partial charge in [-0.15, -0.1) is 0 Å². The lowest BCUT2D eigenvalue weighted by molar-refractivity contribution is 0.0738. The Bertz CT molecular complexity index is 1470. The van der Waals surface area contributed by atoms with Crippen LogP contribution in [0.3, 0.4) is 0 Å². The normalized spacial score (nSPS) is 11.9. The van der Waals surface area contributed by atoms with Crippen LogP contribution < -0.4 is 24.5 Å². The maximum absolute atomic E-state index is 13.4. The van der Waals surface area contributed by atoms with Crippen molar-refractivity contribution in [3.8, 4) is 23.0 Å². The first-order valence-electron chi connectivity index (χ1n) is 11.3. The van der Waals surface area contributed by atoms with Crippen LogP contribution in [0.5, 0.6) is 23.0 Å². The molecule has 10 nitrogen and oxygen atoms in total. The number of rotatable bonds is 8. The summed E-state index contributed by atoms with van der Waals surface area (Å²) in [5, 5.41) is 0.778. The number of nitrogens with zero attached hydrogens (tertiary/aromatic N) is 3. The molecule has 0 unspecified atom stereocenters. The lowest BCUT2D eigenvalue weighted by Gasteiger charge is -2.22. The molecule has 5 rings (SSSR count). The number of fused-ring (bicyclic) bond motifs is 2. The van der Waals surface area contributed by atoms with Crippen LogP contribution in [0.15, 0.2) is 59.8 Å². The van der Waals surface area contributed by atoms with Crippen molar-refractivity contribution >= 4 is 16.8 Å². The monoisotopic (exact) mass is 488 g/mol. The van der Waals surface area contributed by atoms with Gasteiger partial charge in [-0.2, -0.15) is 0 Å². The van der Waals surface area contributed by atoms with E-state index in [1.807, 2.05) is 24.3 Å². The van der Waals surface area contributed by atoms with E-state index in [1.54, 1.807) is 31.3 Å². The average molecular weight is 489 g/mol. The second kappa shape index (κ2) is 9.95. The lowest BCUT2D eigenvalue weighted by atomic mass is 10.1. The Hall–Kier alpha value is -4.60. The van der Waals surface area contributed by atoms with Crippen molar-refractivity contribution in [2.45, 2.75) is 13.0 Å². The summed E-state index contributed by atoms with van der Waals surface area (Å²) in [6.45, 7) is 0.561. The number of hydrogen-bond acceptors (Lipinski definition) is 8. The Kier molecular flexibility index (Phi) is 6.40. The molecule has 1 aliphatic heterocycles. The molecule has 0 atom stereocenters. The van der Waals surface area contributed by atoms with E-state index in [9.17, 15) is 9.59 Å². The number of amides is 1. The Morgan fingerprint density at radius 3 is 2.61 bits per heavy atom. The van der Waals surface area contributed by atoms with Gasteiger partial charge in [0.15, 0.2) is 23.0 Å². The van der Waals surface area contributed by atoms with Gasteiger partial charge in [-0.3, -0.25) is 14.6 Å². The highest BCUT2D eigenvalue weighted by molar-refractivity contribution is 5.92. The van der Waals surface area contributed by atoms with Crippen molar-refractivity contribution < 1.29 is 23.7 Å². The summed E-state index contributed by atoms with van der Waals surface area (Å²) in [6, 6.07) is 10.9. The first-order valence-corrected chi connectivity index (χ1v) is 11.3. The third kappa shape index (κ3) is 4.65. The Morgan fingerprint density at radius 2 is 1.86 bits per heavy atom. The predicted molar refractivity (Wildman–Crippen MR) is 131 cm³/mol. The molecule has 0 bridgehead atoms. The lowest BCUT2D eigenvalue weighted by Crippen LogP contribution is -2.35. The summed E-state index contributed by atoms with van der Waals surface area (Å²) >= 11 is 0. The van der Waals surface area contributed by atoms with Gasteiger partial charge in [0.1, 0.15) is 5.69 Å². The van der Waals surface area contributed by atoms with E-state index in [4.69, 9.17) is 18.9 Å². The maximum Gasteiger partial charge on any atom is 0.274 e. The molecule has 0 radical (unpaired) electrons. The molecule has 1 N–H and O–H groups in total. The van der Waals surface area contributed by atoms with Gasteiger partial charge in [0.2, 0.25) is 6.79 Å². The summed E-state index contributed by atoms with van der Waals surface area (Å²) in [6.07, 6.45) is 4.90. The molecule has 0 spiro atoms. The Balaban J connectivity index is 1.44. The minimum absolute atomic E-state index is 0.0857. The van der Waals surface area contributed by atoms with Gasteiger partial charge < -0.3 is 28.8 Å². The molecule has 0 saturated heterocycles. The first kappa shape index (κ1) is 23.2. The third-order valence-corrected chi connectivity index (χ3v) is 5.96. The molecular weight excluding hydrogens is 464 g/mol. The number of carbonyl (C=O) groups excluding carboxylic acids is 1. The number of aromatic nitrogens is 3. The molecule has 1 amide bonds. The quantitative estimate of drug-likeness (QED) is 0.403. The Labute approximate surface area is 206 Å². The zero-order chi connectivity index (χ0) is 25.1. The van der Waals surface area contributed by atoms with Crippen molar-refractivity contribution in [3.05, 3.63) is 82.2 Å². The van der Waals surface area contributed by atoms with Crippen LogP contribution >= 0.6 is 0 Å². The number of pyridine rings is 1. The molecule has 2 aromatic carbocycles. The molecular formula is C26H24N4O6. The van der Waals surface area contributed by atoms with Crippen LogP contribution in [0.2, 0.25) is 0 Å². The highest BCUT2D eigenvalue weighted by Crippen LogP contribution is 2.35. The number of H-pyrrole nitrogens is 1. The van der Waals surface area contributed by atoms with Gasteiger partial charge in [0.05, 0.1) is 32.5 Å². The molecule has 0 aliphatic carbocycles. The zero-order valence-electron chi connectivity index (χ0n) is 19.8. The maximum atomic E-state index is 13.4. The fraction of sp³-hybridized carbons (Fsp3) is 0.231. The SMILES string of the molecule is COc1ccc(CCN(Cc2cc3cc4c(cc3[nH]c2=O)OCO4)C(=O)c2cnccn2)cc1OC. The van der Waals surface area contributed by atoms with Gasteiger partial charge in [-0.05, 0) is 36.2 Å². The fourth-order valence-electron chi connectivity index (χ4n) is 4.09. The highest BCUT2D eigenvalue weighted by Gasteiger charge is 2.21. The topological polar surface area (TPSA) is 116 Å². The van der Waals surface area contributed by atoms with Crippen molar-refractivity contribution in [1.82, 2.24) is 19.9 Å². The molecule has 4 aromatic rings. The molecule has 2 aromatic heterocycles. The number of benzene rings is 2. The fourth-order valence-corrected chi connectivity index (χ4v) is 4.09.